The number of aryl methyl sites for hydroxylation is 1. The summed E-state index contributed by atoms with van der Waals surface area (Å²) >= 11 is 0. The molecule has 0 saturated heterocycles. The van der Waals surface area contributed by atoms with Gasteiger partial charge in [0.05, 0.1) is 17.6 Å². The summed E-state index contributed by atoms with van der Waals surface area (Å²) in [7, 11) is 0. The lowest BCUT2D eigenvalue weighted by molar-refractivity contribution is 0.0599. The molecule has 7 heteroatoms. The summed E-state index contributed by atoms with van der Waals surface area (Å²) in [5, 5.41) is 0. The van der Waals surface area contributed by atoms with Crippen LogP contribution in [0.4, 0.5) is 16.2 Å². The van der Waals surface area contributed by atoms with Crippen LogP contribution in [0, 0.1) is 0 Å². The molecule has 0 fully saturated rings. The molecule has 0 N–H and O–H groups in total. The SMILES string of the molecule is CC(C)(C)OC(=O)N(c1ccccc1)c1ccc(CCC(=O)c2ncc(-c3ccccn3)o2)cc1. The van der Waals surface area contributed by atoms with Crippen LogP contribution in [0.2, 0.25) is 0 Å². The average Bonchev–Trinajstić information content (AvgIpc) is 3.34. The van der Waals surface area contributed by atoms with Crippen molar-refractivity contribution in [3.8, 4) is 11.5 Å². The van der Waals surface area contributed by atoms with Gasteiger partial charge in [0.25, 0.3) is 5.89 Å². The molecule has 1 amide bonds. The number of benzene rings is 2. The number of nitrogens with zero attached hydrogens (tertiary/aromatic N) is 3. The number of anilines is 2. The van der Waals surface area contributed by atoms with Crippen molar-refractivity contribution in [1.82, 2.24) is 9.97 Å². The smallest absolute Gasteiger partial charge is 0.419 e. The van der Waals surface area contributed by atoms with Gasteiger partial charge in [0.1, 0.15) is 11.3 Å². The van der Waals surface area contributed by atoms with E-state index < -0.39 is 11.7 Å². The summed E-state index contributed by atoms with van der Waals surface area (Å²) in [6.07, 6.45) is 3.47. The summed E-state index contributed by atoms with van der Waals surface area (Å²) in [6, 6.07) is 22.3. The van der Waals surface area contributed by atoms with Crippen molar-refractivity contribution in [3.63, 3.8) is 0 Å². The number of carbonyl (C=O) groups is 2. The number of ether oxygens (including phenoxy) is 1. The fraction of sp³-hybridized carbons (Fsp3) is 0.214. The van der Waals surface area contributed by atoms with Crippen LogP contribution < -0.4 is 4.90 Å². The second-order valence-corrected chi connectivity index (χ2v) is 8.99. The third-order valence-electron chi connectivity index (χ3n) is 5.09. The Morgan fingerprint density at radius 2 is 1.57 bits per heavy atom. The molecular formula is C28H27N3O4. The monoisotopic (exact) mass is 469 g/mol. The van der Waals surface area contributed by atoms with Gasteiger partial charge >= 0.3 is 6.09 Å². The Labute approximate surface area is 204 Å². The minimum atomic E-state index is -0.624. The van der Waals surface area contributed by atoms with E-state index in [1.807, 2.05) is 87.5 Å². The van der Waals surface area contributed by atoms with Crippen molar-refractivity contribution in [3.05, 3.63) is 96.6 Å². The summed E-state index contributed by atoms with van der Waals surface area (Å²) < 4.78 is 11.2. The second kappa shape index (κ2) is 10.3. The molecule has 35 heavy (non-hydrogen) atoms. The average molecular weight is 470 g/mol. The molecule has 0 radical (unpaired) electrons. The lowest BCUT2D eigenvalue weighted by Crippen LogP contribution is -2.33. The van der Waals surface area contributed by atoms with Crippen LogP contribution >= 0.6 is 0 Å². The number of oxazole rings is 1. The number of ketones is 1. The molecule has 2 aromatic carbocycles. The van der Waals surface area contributed by atoms with Crippen LogP contribution in [0.15, 0.2) is 89.6 Å². The minimum absolute atomic E-state index is 0.0717. The van der Waals surface area contributed by atoms with E-state index in [0.717, 1.165) is 5.56 Å². The van der Waals surface area contributed by atoms with Gasteiger partial charge in [-0.1, -0.05) is 36.4 Å². The minimum Gasteiger partial charge on any atom is -0.443 e. The van der Waals surface area contributed by atoms with Crippen molar-refractivity contribution in [2.24, 2.45) is 0 Å². The van der Waals surface area contributed by atoms with Crippen LogP contribution in [-0.2, 0) is 11.2 Å². The number of aromatic nitrogens is 2. The molecule has 0 aliphatic carbocycles. The third kappa shape index (κ3) is 6.20. The Bertz CT molecular complexity index is 1280. The Hall–Kier alpha value is -4.26. The maximum atomic E-state index is 13.0. The molecule has 2 aromatic heterocycles. The number of rotatable bonds is 7. The molecule has 0 atom stereocenters. The van der Waals surface area contributed by atoms with E-state index in [0.29, 0.717) is 29.2 Å². The molecule has 0 bridgehead atoms. The third-order valence-corrected chi connectivity index (χ3v) is 5.09. The summed E-state index contributed by atoms with van der Waals surface area (Å²) in [6.45, 7) is 5.50. The maximum Gasteiger partial charge on any atom is 0.419 e. The van der Waals surface area contributed by atoms with Gasteiger partial charge in [0, 0.05) is 12.6 Å². The van der Waals surface area contributed by atoms with Gasteiger partial charge in [-0.05, 0) is 69.2 Å². The van der Waals surface area contributed by atoms with Crippen LogP contribution in [-0.4, -0.2) is 27.4 Å². The number of Topliss-reactive ketones (excluding diaryl/α,β-unsaturated/α-hetero) is 1. The zero-order valence-corrected chi connectivity index (χ0v) is 20.0. The number of para-hydroxylation sites is 1. The molecule has 4 aromatic rings. The molecule has 2 heterocycles. The van der Waals surface area contributed by atoms with Crippen molar-refractivity contribution in [2.45, 2.75) is 39.2 Å². The van der Waals surface area contributed by atoms with Crippen molar-refractivity contribution < 1.29 is 18.7 Å². The fourth-order valence-electron chi connectivity index (χ4n) is 3.45. The quantitative estimate of drug-likeness (QED) is 0.283. The highest BCUT2D eigenvalue weighted by Crippen LogP contribution is 2.28. The molecule has 0 unspecified atom stereocenters. The van der Waals surface area contributed by atoms with Crippen LogP contribution in [0.1, 0.15) is 43.4 Å². The largest absolute Gasteiger partial charge is 0.443 e. The number of carbonyl (C=O) groups excluding carboxylic acids is 2. The van der Waals surface area contributed by atoms with Crippen LogP contribution in [0.25, 0.3) is 11.5 Å². The number of hydrogen-bond acceptors (Lipinski definition) is 6. The van der Waals surface area contributed by atoms with Gasteiger partial charge in [-0.2, -0.15) is 0 Å². The highest BCUT2D eigenvalue weighted by atomic mass is 16.6. The Balaban J connectivity index is 1.44. The van der Waals surface area contributed by atoms with Gasteiger partial charge in [-0.3, -0.25) is 9.78 Å². The molecule has 178 valence electrons. The predicted molar refractivity (Wildman–Crippen MR) is 134 cm³/mol. The molecule has 4 rings (SSSR count). The number of amides is 1. The van der Waals surface area contributed by atoms with E-state index in [2.05, 4.69) is 9.97 Å². The first-order valence-electron chi connectivity index (χ1n) is 11.4. The maximum absolute atomic E-state index is 13.0. The zero-order chi connectivity index (χ0) is 24.8. The van der Waals surface area contributed by atoms with Gasteiger partial charge in [-0.25, -0.2) is 14.7 Å². The molecule has 0 spiro atoms. The first-order valence-corrected chi connectivity index (χ1v) is 11.4. The van der Waals surface area contributed by atoms with Crippen LogP contribution in [0.3, 0.4) is 0 Å². The van der Waals surface area contributed by atoms with E-state index in [1.165, 1.54) is 11.1 Å². The van der Waals surface area contributed by atoms with Gasteiger partial charge in [0.2, 0.25) is 5.78 Å². The number of pyridine rings is 1. The van der Waals surface area contributed by atoms with Gasteiger partial charge < -0.3 is 9.15 Å². The van der Waals surface area contributed by atoms with Crippen LogP contribution in [0.5, 0.6) is 0 Å². The van der Waals surface area contributed by atoms with Crippen molar-refractivity contribution >= 4 is 23.3 Å². The van der Waals surface area contributed by atoms with E-state index in [-0.39, 0.29) is 18.1 Å². The highest BCUT2D eigenvalue weighted by Gasteiger charge is 2.25. The summed E-state index contributed by atoms with van der Waals surface area (Å²) in [5.41, 5.74) is 2.34. The highest BCUT2D eigenvalue weighted by molar-refractivity contribution is 5.96. The normalized spacial score (nSPS) is 11.2. The Kier molecular flexibility index (Phi) is 7.06. The molecular weight excluding hydrogens is 442 g/mol. The van der Waals surface area contributed by atoms with E-state index in [1.54, 1.807) is 12.3 Å². The number of hydrogen-bond donors (Lipinski definition) is 0. The van der Waals surface area contributed by atoms with Gasteiger partial charge in [0.15, 0.2) is 5.76 Å². The fourth-order valence-corrected chi connectivity index (χ4v) is 3.45. The zero-order valence-electron chi connectivity index (χ0n) is 20.0. The molecule has 0 aliphatic heterocycles. The lowest BCUT2D eigenvalue weighted by atomic mass is 10.1. The molecule has 0 aliphatic rings. The van der Waals surface area contributed by atoms with Crippen molar-refractivity contribution in [2.75, 3.05) is 4.90 Å². The first-order chi connectivity index (χ1) is 16.8. The topological polar surface area (TPSA) is 85.5 Å². The molecule has 7 nitrogen and oxygen atoms in total. The lowest BCUT2D eigenvalue weighted by Gasteiger charge is -2.27. The van der Waals surface area contributed by atoms with Gasteiger partial charge in [-0.15, -0.1) is 0 Å². The summed E-state index contributed by atoms with van der Waals surface area (Å²) in [4.78, 5) is 35.4. The standard InChI is InChI=1S/C28H27N3O4/c1-28(2,3)35-27(33)31(21-9-5-4-6-10-21)22-15-12-20(13-16-22)14-17-24(32)26-30-19-25(34-26)23-11-7-8-18-29-23/h4-13,15-16,18-19H,14,17H2,1-3H3. The molecule has 0 saturated carbocycles. The van der Waals surface area contributed by atoms with E-state index in [4.69, 9.17) is 9.15 Å². The first kappa shape index (κ1) is 23.9. The second-order valence-electron chi connectivity index (χ2n) is 8.99. The Morgan fingerprint density at radius 1 is 0.886 bits per heavy atom. The van der Waals surface area contributed by atoms with E-state index in [9.17, 15) is 9.59 Å². The Morgan fingerprint density at radius 3 is 2.23 bits per heavy atom. The van der Waals surface area contributed by atoms with Crippen molar-refractivity contribution in [1.29, 1.82) is 0 Å². The summed E-state index contributed by atoms with van der Waals surface area (Å²) in [5.74, 6) is 0.347. The predicted octanol–water partition coefficient (Wildman–Crippen LogP) is 6.63. The van der Waals surface area contributed by atoms with E-state index >= 15 is 0 Å².